The number of aromatic nitrogens is 1. The van der Waals surface area contributed by atoms with E-state index in [0.717, 1.165) is 58.0 Å². The van der Waals surface area contributed by atoms with Gasteiger partial charge in [0.15, 0.2) is 0 Å². The molecule has 5 fully saturated rings. The van der Waals surface area contributed by atoms with Gasteiger partial charge >= 0.3 is 5.97 Å². The molecule has 3 aliphatic heterocycles. The van der Waals surface area contributed by atoms with E-state index in [2.05, 4.69) is 27.8 Å². The van der Waals surface area contributed by atoms with Gasteiger partial charge in [0.1, 0.15) is 11.9 Å². The van der Waals surface area contributed by atoms with E-state index in [4.69, 9.17) is 9.47 Å². The van der Waals surface area contributed by atoms with Crippen LogP contribution >= 0.6 is 0 Å². The molecule has 0 radical (unpaired) electrons. The number of carbonyl (C=O) groups excluding carboxylic acids is 1. The molecule has 0 amide bonds. The minimum atomic E-state index is 0.0266. The zero-order valence-corrected chi connectivity index (χ0v) is 18.0. The number of anilines is 1. The Morgan fingerprint density at radius 1 is 1.20 bits per heavy atom. The number of hydrogen-bond acceptors (Lipinski definition) is 6. The first-order valence-electron chi connectivity index (χ1n) is 11.8. The Balaban J connectivity index is 1.12. The molecule has 6 nitrogen and oxygen atoms in total. The highest BCUT2D eigenvalue weighted by Gasteiger charge is 2.65. The summed E-state index contributed by atoms with van der Waals surface area (Å²) < 4.78 is 12.0. The van der Waals surface area contributed by atoms with E-state index in [1.54, 1.807) is 0 Å². The second-order valence-electron chi connectivity index (χ2n) is 10.6. The molecule has 0 bridgehead atoms. The summed E-state index contributed by atoms with van der Waals surface area (Å²) in [5.74, 6) is 2.08. The van der Waals surface area contributed by atoms with Gasteiger partial charge in [0, 0.05) is 44.8 Å². The zero-order chi connectivity index (χ0) is 20.3. The van der Waals surface area contributed by atoms with Gasteiger partial charge in [-0.2, -0.15) is 0 Å². The first kappa shape index (κ1) is 19.1. The fraction of sp³-hybridized carbons (Fsp3) is 0.750. The Morgan fingerprint density at radius 2 is 2.03 bits per heavy atom. The van der Waals surface area contributed by atoms with E-state index >= 15 is 0 Å². The molecule has 6 rings (SSSR count). The number of hydrogen-bond donors (Lipinski definition) is 0. The minimum Gasteiger partial charge on any atom is -0.462 e. The lowest BCUT2D eigenvalue weighted by atomic mass is 9.53. The quantitative estimate of drug-likeness (QED) is 0.563. The normalized spacial score (nSPS) is 43.2. The molecular formula is C24H33N3O3. The van der Waals surface area contributed by atoms with E-state index in [9.17, 15) is 4.79 Å². The van der Waals surface area contributed by atoms with Crippen molar-refractivity contribution in [1.29, 1.82) is 0 Å². The predicted octanol–water partition coefficient (Wildman–Crippen LogP) is 2.73. The van der Waals surface area contributed by atoms with Crippen molar-refractivity contribution in [1.82, 2.24) is 9.88 Å². The number of carbonyl (C=O) groups is 1. The molecule has 0 N–H and O–H groups in total. The van der Waals surface area contributed by atoms with Crippen LogP contribution in [-0.4, -0.2) is 66.9 Å². The molecule has 6 unspecified atom stereocenters. The molecule has 1 aromatic rings. The number of pyridine rings is 1. The van der Waals surface area contributed by atoms with Crippen LogP contribution in [0.1, 0.15) is 39.0 Å². The molecule has 1 aromatic heterocycles. The molecule has 6 heteroatoms. The average Bonchev–Trinajstić information content (AvgIpc) is 3.46. The van der Waals surface area contributed by atoms with Crippen molar-refractivity contribution >= 4 is 11.8 Å². The highest BCUT2D eigenvalue weighted by molar-refractivity contribution is 5.75. The van der Waals surface area contributed by atoms with E-state index in [1.807, 2.05) is 18.3 Å². The van der Waals surface area contributed by atoms with Crippen LogP contribution in [0.3, 0.4) is 0 Å². The highest BCUT2D eigenvalue weighted by atomic mass is 16.6. The molecule has 0 aromatic carbocycles. The smallest absolute Gasteiger partial charge is 0.310 e. The molecule has 30 heavy (non-hydrogen) atoms. The maximum absolute atomic E-state index is 12.9. The lowest BCUT2D eigenvalue weighted by molar-refractivity contribution is -0.147. The van der Waals surface area contributed by atoms with Crippen LogP contribution in [0.25, 0.3) is 0 Å². The van der Waals surface area contributed by atoms with Crippen molar-refractivity contribution in [3.63, 3.8) is 0 Å². The van der Waals surface area contributed by atoms with Gasteiger partial charge < -0.3 is 14.4 Å². The molecule has 162 valence electrons. The maximum atomic E-state index is 12.9. The highest BCUT2D eigenvalue weighted by Crippen LogP contribution is 2.62. The molecule has 4 heterocycles. The monoisotopic (exact) mass is 411 g/mol. The van der Waals surface area contributed by atoms with Crippen LogP contribution in [0.2, 0.25) is 0 Å². The Kier molecular flexibility index (Phi) is 4.40. The summed E-state index contributed by atoms with van der Waals surface area (Å²) in [6, 6.07) is 6.08. The van der Waals surface area contributed by atoms with Crippen molar-refractivity contribution in [3.05, 3.63) is 24.4 Å². The molecule has 6 atom stereocenters. The second-order valence-corrected chi connectivity index (χ2v) is 10.6. The molecule has 1 spiro atoms. The molecule has 3 saturated heterocycles. The first-order chi connectivity index (χ1) is 14.6. The second kappa shape index (κ2) is 6.92. The lowest BCUT2D eigenvalue weighted by Crippen LogP contribution is -2.52. The standard InChI is InChI=1S/C24H33N3O3/c1-23-6-4-7-24(16-29-24)20(23)13-17-18(22(28)30-19(17)14-23)15-26-9-11-27(12-10-26)21-5-2-3-8-25-21/h2-3,5,8,17-20H,4,6-7,9-16H2,1H3. The van der Waals surface area contributed by atoms with Crippen molar-refractivity contribution < 1.29 is 14.3 Å². The fourth-order valence-electron chi connectivity index (χ4n) is 7.14. The molecule has 2 aliphatic carbocycles. The van der Waals surface area contributed by atoms with Crippen LogP contribution in [0, 0.1) is 23.2 Å². The third-order valence-corrected chi connectivity index (χ3v) is 8.88. The van der Waals surface area contributed by atoms with Crippen LogP contribution in [0.5, 0.6) is 0 Å². The lowest BCUT2D eigenvalue weighted by Gasteiger charge is -2.51. The number of fused-ring (bicyclic) bond motifs is 3. The van der Waals surface area contributed by atoms with Crippen molar-refractivity contribution in [2.45, 2.75) is 50.7 Å². The van der Waals surface area contributed by atoms with Crippen molar-refractivity contribution in [2.24, 2.45) is 23.2 Å². The Morgan fingerprint density at radius 3 is 2.77 bits per heavy atom. The number of ether oxygens (including phenoxy) is 2. The van der Waals surface area contributed by atoms with Gasteiger partial charge in [0.05, 0.1) is 18.1 Å². The summed E-state index contributed by atoms with van der Waals surface area (Å²) in [4.78, 5) is 22.2. The van der Waals surface area contributed by atoms with E-state index in [-0.39, 0.29) is 29.0 Å². The Labute approximate surface area is 178 Å². The van der Waals surface area contributed by atoms with Crippen LogP contribution in [0.15, 0.2) is 24.4 Å². The van der Waals surface area contributed by atoms with E-state index in [0.29, 0.717) is 11.8 Å². The van der Waals surface area contributed by atoms with Gasteiger partial charge in [-0.3, -0.25) is 9.69 Å². The number of piperazine rings is 1. The number of rotatable bonds is 3. The van der Waals surface area contributed by atoms with E-state index in [1.165, 1.54) is 19.3 Å². The zero-order valence-electron chi connectivity index (χ0n) is 18.0. The van der Waals surface area contributed by atoms with Crippen LogP contribution in [-0.2, 0) is 14.3 Å². The first-order valence-corrected chi connectivity index (χ1v) is 11.8. The number of nitrogens with zero attached hydrogens (tertiary/aromatic N) is 3. The third kappa shape index (κ3) is 3.06. The average molecular weight is 412 g/mol. The molecule has 2 saturated carbocycles. The van der Waals surface area contributed by atoms with Crippen molar-refractivity contribution in [2.75, 3.05) is 44.2 Å². The Hall–Kier alpha value is -1.66. The summed E-state index contributed by atoms with van der Waals surface area (Å²) in [6.07, 6.45) is 7.82. The van der Waals surface area contributed by atoms with Gasteiger partial charge in [-0.15, -0.1) is 0 Å². The van der Waals surface area contributed by atoms with Gasteiger partial charge in [-0.1, -0.05) is 13.0 Å². The van der Waals surface area contributed by atoms with Gasteiger partial charge in [-0.05, 0) is 55.6 Å². The number of esters is 1. The Bertz CT molecular complexity index is 805. The number of epoxide rings is 1. The van der Waals surface area contributed by atoms with Crippen LogP contribution < -0.4 is 4.90 Å². The molecular weight excluding hydrogens is 378 g/mol. The van der Waals surface area contributed by atoms with Crippen LogP contribution in [0.4, 0.5) is 5.82 Å². The van der Waals surface area contributed by atoms with Crippen molar-refractivity contribution in [3.8, 4) is 0 Å². The minimum absolute atomic E-state index is 0.0266. The third-order valence-electron chi connectivity index (χ3n) is 8.88. The topological polar surface area (TPSA) is 58.2 Å². The molecule has 5 aliphatic rings. The summed E-state index contributed by atoms with van der Waals surface area (Å²) in [5.41, 5.74) is 0.405. The fourth-order valence-corrected chi connectivity index (χ4v) is 7.14. The van der Waals surface area contributed by atoms with Gasteiger partial charge in [0.2, 0.25) is 0 Å². The summed E-state index contributed by atoms with van der Waals surface area (Å²) in [6.45, 7) is 8.08. The summed E-state index contributed by atoms with van der Waals surface area (Å²) >= 11 is 0. The largest absolute Gasteiger partial charge is 0.462 e. The van der Waals surface area contributed by atoms with Gasteiger partial charge in [0.25, 0.3) is 0 Å². The SMILES string of the molecule is CC12CCCC3(CO3)C1CC1C(C2)OC(=O)C1CN1CCN(c2ccccn2)CC1. The van der Waals surface area contributed by atoms with E-state index < -0.39 is 0 Å². The predicted molar refractivity (Wildman–Crippen MR) is 113 cm³/mol. The maximum Gasteiger partial charge on any atom is 0.310 e. The van der Waals surface area contributed by atoms with Gasteiger partial charge in [-0.25, -0.2) is 4.98 Å². The summed E-state index contributed by atoms with van der Waals surface area (Å²) in [5, 5.41) is 0. The summed E-state index contributed by atoms with van der Waals surface area (Å²) in [7, 11) is 0.